The van der Waals surface area contributed by atoms with Gasteiger partial charge >= 0.3 is 0 Å². The number of aryl methyl sites for hydroxylation is 1. The van der Waals surface area contributed by atoms with Gasteiger partial charge in [-0.15, -0.1) is 0 Å². The monoisotopic (exact) mass is 285 g/mol. The predicted octanol–water partition coefficient (Wildman–Crippen LogP) is 3.65. The van der Waals surface area contributed by atoms with Gasteiger partial charge in [0.15, 0.2) is 0 Å². The first-order valence-electron chi connectivity index (χ1n) is 6.38. The number of rotatable bonds is 1. The van der Waals surface area contributed by atoms with Crippen molar-refractivity contribution in [3.63, 3.8) is 0 Å². The van der Waals surface area contributed by atoms with Gasteiger partial charge in [-0.2, -0.15) is 0 Å². The summed E-state index contributed by atoms with van der Waals surface area (Å²) in [6.07, 6.45) is 0. The van der Waals surface area contributed by atoms with Crippen molar-refractivity contribution in [1.29, 1.82) is 0 Å². The van der Waals surface area contributed by atoms with Crippen LogP contribution in [0.25, 0.3) is 22.0 Å². The van der Waals surface area contributed by atoms with Crippen LogP contribution in [0.4, 0.5) is 20.3 Å². The summed E-state index contributed by atoms with van der Waals surface area (Å²) >= 11 is 0. The Balaban J connectivity index is 2.34. The standard InChI is InChI=1S/C16H13F2N3/c1-8-2-4-10-11(15(8)19)7-14(21-16(10)20)12-6-9(17)3-5-13(12)18/h2-7H,19H2,1H3,(H2,20,21). The van der Waals surface area contributed by atoms with Gasteiger partial charge in [0.05, 0.1) is 5.69 Å². The van der Waals surface area contributed by atoms with Crippen molar-refractivity contribution in [3.8, 4) is 11.3 Å². The molecule has 0 radical (unpaired) electrons. The maximum Gasteiger partial charge on any atom is 0.132 e. The average Bonchev–Trinajstić information content (AvgIpc) is 2.45. The fraction of sp³-hybridized carbons (Fsp3) is 0.0625. The first kappa shape index (κ1) is 13.3. The Hall–Kier alpha value is -2.69. The van der Waals surface area contributed by atoms with E-state index in [1.807, 2.05) is 19.1 Å². The summed E-state index contributed by atoms with van der Waals surface area (Å²) < 4.78 is 27.2. The number of benzene rings is 2. The van der Waals surface area contributed by atoms with Crippen molar-refractivity contribution < 1.29 is 8.78 Å². The fourth-order valence-corrected chi connectivity index (χ4v) is 2.32. The molecule has 3 nitrogen and oxygen atoms in total. The Morgan fingerprint density at radius 1 is 0.952 bits per heavy atom. The number of nitrogen functional groups attached to an aromatic ring is 2. The maximum absolute atomic E-state index is 13.9. The van der Waals surface area contributed by atoms with Crippen LogP contribution in [-0.4, -0.2) is 4.98 Å². The molecule has 5 heteroatoms. The summed E-state index contributed by atoms with van der Waals surface area (Å²) in [6, 6.07) is 8.50. The zero-order valence-electron chi connectivity index (χ0n) is 11.3. The van der Waals surface area contributed by atoms with Crippen LogP contribution in [-0.2, 0) is 0 Å². The van der Waals surface area contributed by atoms with E-state index in [9.17, 15) is 8.78 Å². The first-order chi connectivity index (χ1) is 9.97. The molecule has 0 amide bonds. The Labute approximate surface area is 120 Å². The topological polar surface area (TPSA) is 64.9 Å². The lowest BCUT2D eigenvalue weighted by Gasteiger charge is -2.11. The van der Waals surface area contributed by atoms with Crippen molar-refractivity contribution in [1.82, 2.24) is 4.98 Å². The van der Waals surface area contributed by atoms with Crippen LogP contribution in [0.2, 0.25) is 0 Å². The van der Waals surface area contributed by atoms with E-state index in [4.69, 9.17) is 11.5 Å². The summed E-state index contributed by atoms with van der Waals surface area (Å²) in [5.41, 5.74) is 13.7. The molecule has 21 heavy (non-hydrogen) atoms. The van der Waals surface area contributed by atoms with Gasteiger partial charge in [0.1, 0.15) is 17.5 Å². The maximum atomic E-state index is 13.9. The predicted molar refractivity (Wildman–Crippen MR) is 80.7 cm³/mol. The molecule has 3 aromatic rings. The zero-order chi connectivity index (χ0) is 15.1. The number of pyridine rings is 1. The highest BCUT2D eigenvalue weighted by Crippen LogP contribution is 2.32. The van der Waals surface area contributed by atoms with Crippen molar-refractivity contribution in [2.45, 2.75) is 6.92 Å². The minimum absolute atomic E-state index is 0.0597. The van der Waals surface area contributed by atoms with Crippen LogP contribution >= 0.6 is 0 Å². The molecule has 0 aliphatic carbocycles. The van der Waals surface area contributed by atoms with Crippen LogP contribution in [0, 0.1) is 18.6 Å². The lowest BCUT2D eigenvalue weighted by atomic mass is 10.0. The summed E-state index contributed by atoms with van der Waals surface area (Å²) in [6.45, 7) is 1.87. The van der Waals surface area contributed by atoms with E-state index >= 15 is 0 Å². The zero-order valence-corrected chi connectivity index (χ0v) is 11.3. The van der Waals surface area contributed by atoms with Crippen molar-refractivity contribution in [2.75, 3.05) is 11.5 Å². The molecule has 1 heterocycles. The second-order valence-electron chi connectivity index (χ2n) is 4.91. The van der Waals surface area contributed by atoms with Gasteiger partial charge in [-0.3, -0.25) is 0 Å². The molecular formula is C16H13F2N3. The van der Waals surface area contributed by atoms with E-state index in [0.29, 0.717) is 16.5 Å². The molecule has 4 N–H and O–H groups in total. The van der Waals surface area contributed by atoms with E-state index in [2.05, 4.69) is 4.98 Å². The van der Waals surface area contributed by atoms with Crippen LogP contribution in [0.3, 0.4) is 0 Å². The lowest BCUT2D eigenvalue weighted by Crippen LogP contribution is -1.99. The van der Waals surface area contributed by atoms with E-state index in [1.54, 1.807) is 6.07 Å². The third-order valence-corrected chi connectivity index (χ3v) is 3.51. The normalized spacial score (nSPS) is 11.0. The Morgan fingerprint density at radius 3 is 2.48 bits per heavy atom. The van der Waals surface area contributed by atoms with Crippen LogP contribution in [0.1, 0.15) is 5.56 Å². The molecule has 2 aromatic carbocycles. The molecule has 106 valence electrons. The Kier molecular flexibility index (Phi) is 2.97. The molecule has 0 atom stereocenters. The van der Waals surface area contributed by atoms with Gasteiger partial charge < -0.3 is 11.5 Å². The number of nitrogens with two attached hydrogens (primary N) is 2. The molecule has 0 fully saturated rings. The summed E-state index contributed by atoms with van der Waals surface area (Å²) in [4.78, 5) is 4.16. The van der Waals surface area contributed by atoms with Crippen molar-refractivity contribution in [3.05, 3.63) is 53.6 Å². The summed E-state index contributed by atoms with van der Waals surface area (Å²) in [5, 5.41) is 1.37. The van der Waals surface area contributed by atoms with E-state index in [0.717, 1.165) is 23.8 Å². The third-order valence-electron chi connectivity index (χ3n) is 3.51. The van der Waals surface area contributed by atoms with Crippen molar-refractivity contribution in [2.24, 2.45) is 0 Å². The number of hydrogen-bond donors (Lipinski definition) is 2. The number of aromatic nitrogens is 1. The van der Waals surface area contributed by atoms with Gasteiger partial charge in [0, 0.05) is 22.0 Å². The number of halogens is 2. The SMILES string of the molecule is Cc1ccc2c(N)nc(-c3cc(F)ccc3F)cc2c1N. The molecule has 1 aromatic heterocycles. The van der Waals surface area contributed by atoms with Gasteiger partial charge in [0.2, 0.25) is 0 Å². The molecule has 0 saturated heterocycles. The smallest absolute Gasteiger partial charge is 0.132 e. The first-order valence-corrected chi connectivity index (χ1v) is 6.38. The number of anilines is 2. The highest BCUT2D eigenvalue weighted by Gasteiger charge is 2.13. The average molecular weight is 285 g/mol. The van der Waals surface area contributed by atoms with Crippen LogP contribution in [0.5, 0.6) is 0 Å². The van der Waals surface area contributed by atoms with Crippen LogP contribution in [0.15, 0.2) is 36.4 Å². The third kappa shape index (κ3) is 2.16. The minimum Gasteiger partial charge on any atom is -0.398 e. The molecule has 0 aliphatic rings. The van der Waals surface area contributed by atoms with Gasteiger partial charge in [-0.25, -0.2) is 13.8 Å². The highest BCUT2D eigenvalue weighted by atomic mass is 19.1. The molecule has 0 unspecified atom stereocenters. The fourth-order valence-electron chi connectivity index (χ4n) is 2.32. The van der Waals surface area contributed by atoms with E-state index in [-0.39, 0.29) is 17.1 Å². The second-order valence-corrected chi connectivity index (χ2v) is 4.91. The van der Waals surface area contributed by atoms with E-state index < -0.39 is 11.6 Å². The summed E-state index contributed by atoms with van der Waals surface area (Å²) in [5.74, 6) is -0.865. The number of fused-ring (bicyclic) bond motifs is 1. The molecule has 3 rings (SSSR count). The molecular weight excluding hydrogens is 272 g/mol. The second kappa shape index (κ2) is 4.70. The Bertz CT molecular complexity index is 860. The van der Waals surface area contributed by atoms with Crippen LogP contribution < -0.4 is 11.5 Å². The van der Waals surface area contributed by atoms with Gasteiger partial charge in [0.25, 0.3) is 0 Å². The van der Waals surface area contributed by atoms with Crippen molar-refractivity contribution >= 4 is 22.3 Å². The molecule has 0 spiro atoms. The number of nitrogens with zero attached hydrogens (tertiary/aromatic N) is 1. The molecule has 0 aliphatic heterocycles. The summed E-state index contributed by atoms with van der Waals surface area (Å²) in [7, 11) is 0. The lowest BCUT2D eigenvalue weighted by molar-refractivity contribution is 0.602. The molecule has 0 saturated carbocycles. The Morgan fingerprint density at radius 2 is 1.71 bits per heavy atom. The molecule has 0 bridgehead atoms. The van der Waals surface area contributed by atoms with Gasteiger partial charge in [-0.1, -0.05) is 12.1 Å². The highest BCUT2D eigenvalue weighted by molar-refractivity contribution is 6.01. The largest absolute Gasteiger partial charge is 0.398 e. The number of hydrogen-bond acceptors (Lipinski definition) is 3. The van der Waals surface area contributed by atoms with E-state index in [1.165, 1.54) is 0 Å². The van der Waals surface area contributed by atoms with Gasteiger partial charge in [-0.05, 0) is 36.8 Å². The minimum atomic E-state index is -0.561. The quantitative estimate of drug-likeness (QED) is 0.671.